The SMILES string of the molecule is CC(C)(C)OC(=O)[C@H]1C[C@@H](c2ccccc2F)CC(=O)N1C(=O)OC(C)(C)C. The van der Waals surface area contributed by atoms with Crippen molar-refractivity contribution in [2.45, 2.75) is 77.5 Å². The first-order valence-electron chi connectivity index (χ1n) is 9.31. The van der Waals surface area contributed by atoms with Gasteiger partial charge in [0.2, 0.25) is 5.91 Å². The fourth-order valence-corrected chi connectivity index (χ4v) is 3.10. The van der Waals surface area contributed by atoms with E-state index in [-0.39, 0.29) is 12.8 Å². The van der Waals surface area contributed by atoms with Gasteiger partial charge in [0.15, 0.2) is 0 Å². The number of likely N-dealkylation sites (tertiary alicyclic amines) is 1. The number of hydrogen-bond acceptors (Lipinski definition) is 5. The normalized spacial score (nSPS) is 20.7. The predicted octanol–water partition coefficient (Wildman–Crippen LogP) is 4.18. The molecule has 0 spiro atoms. The van der Waals surface area contributed by atoms with Gasteiger partial charge in [-0.3, -0.25) is 4.79 Å². The van der Waals surface area contributed by atoms with E-state index in [0.717, 1.165) is 4.90 Å². The molecule has 28 heavy (non-hydrogen) atoms. The van der Waals surface area contributed by atoms with Crippen molar-refractivity contribution in [3.05, 3.63) is 35.6 Å². The van der Waals surface area contributed by atoms with Crippen molar-refractivity contribution in [3.63, 3.8) is 0 Å². The predicted molar refractivity (Wildman–Crippen MR) is 101 cm³/mol. The maximum Gasteiger partial charge on any atom is 0.417 e. The van der Waals surface area contributed by atoms with Crippen LogP contribution in [0.5, 0.6) is 0 Å². The van der Waals surface area contributed by atoms with E-state index >= 15 is 0 Å². The first kappa shape index (κ1) is 21.9. The summed E-state index contributed by atoms with van der Waals surface area (Å²) in [7, 11) is 0. The average Bonchev–Trinajstić information content (AvgIpc) is 2.51. The molecular formula is C21H28FNO5. The van der Waals surface area contributed by atoms with Crippen LogP contribution in [-0.2, 0) is 19.1 Å². The molecule has 2 atom stereocenters. The number of ether oxygens (including phenoxy) is 2. The van der Waals surface area contributed by atoms with Crippen LogP contribution in [0.2, 0.25) is 0 Å². The molecule has 0 N–H and O–H groups in total. The number of amides is 2. The molecule has 154 valence electrons. The van der Waals surface area contributed by atoms with E-state index in [1.165, 1.54) is 6.07 Å². The minimum absolute atomic E-state index is 0.0703. The lowest BCUT2D eigenvalue weighted by molar-refractivity contribution is -0.166. The summed E-state index contributed by atoms with van der Waals surface area (Å²) in [5, 5.41) is 0. The Morgan fingerprint density at radius 2 is 1.61 bits per heavy atom. The van der Waals surface area contributed by atoms with Crippen LogP contribution >= 0.6 is 0 Å². The van der Waals surface area contributed by atoms with Gasteiger partial charge in [-0.1, -0.05) is 18.2 Å². The Morgan fingerprint density at radius 1 is 1.04 bits per heavy atom. The summed E-state index contributed by atoms with van der Waals surface area (Å²) < 4.78 is 25.0. The molecule has 1 aliphatic rings. The number of carbonyl (C=O) groups excluding carboxylic acids is 3. The van der Waals surface area contributed by atoms with Crippen molar-refractivity contribution in [3.8, 4) is 0 Å². The summed E-state index contributed by atoms with van der Waals surface area (Å²) in [4.78, 5) is 39.0. The molecule has 2 rings (SSSR count). The van der Waals surface area contributed by atoms with Crippen molar-refractivity contribution in [1.29, 1.82) is 0 Å². The van der Waals surface area contributed by atoms with Crippen LogP contribution in [0.3, 0.4) is 0 Å². The largest absolute Gasteiger partial charge is 0.458 e. The van der Waals surface area contributed by atoms with Gasteiger partial charge in [-0.05, 0) is 65.5 Å². The van der Waals surface area contributed by atoms with E-state index in [4.69, 9.17) is 9.47 Å². The Labute approximate surface area is 165 Å². The highest BCUT2D eigenvalue weighted by Gasteiger charge is 2.45. The van der Waals surface area contributed by atoms with Gasteiger partial charge in [0, 0.05) is 6.42 Å². The molecule has 0 saturated carbocycles. The van der Waals surface area contributed by atoms with Crippen LogP contribution in [0.15, 0.2) is 24.3 Å². The zero-order chi connectivity index (χ0) is 21.3. The number of imide groups is 1. The zero-order valence-corrected chi connectivity index (χ0v) is 17.2. The molecule has 0 unspecified atom stereocenters. The molecular weight excluding hydrogens is 365 g/mol. The van der Waals surface area contributed by atoms with Crippen molar-refractivity contribution in [2.24, 2.45) is 0 Å². The first-order valence-corrected chi connectivity index (χ1v) is 9.31. The van der Waals surface area contributed by atoms with Crippen LogP contribution in [0.1, 0.15) is 65.9 Å². The molecule has 1 aromatic rings. The highest BCUT2D eigenvalue weighted by Crippen LogP contribution is 2.35. The number of hydrogen-bond donors (Lipinski definition) is 0. The molecule has 1 fully saturated rings. The molecule has 0 radical (unpaired) electrons. The third kappa shape index (κ3) is 5.53. The standard InChI is InChI=1S/C21H28FNO5/c1-20(2,3)27-18(25)16-11-13(14-9-7-8-10-15(14)22)12-17(24)23(16)19(26)28-21(4,5)6/h7-10,13,16H,11-12H2,1-6H3/t13-,16-/m1/s1. The summed E-state index contributed by atoms with van der Waals surface area (Å²) in [6.07, 6.45) is -0.930. The Morgan fingerprint density at radius 3 is 2.14 bits per heavy atom. The second-order valence-electron chi connectivity index (χ2n) is 8.95. The maximum absolute atomic E-state index is 14.2. The lowest BCUT2D eigenvalue weighted by Gasteiger charge is -2.38. The highest BCUT2D eigenvalue weighted by molar-refractivity contribution is 5.98. The van der Waals surface area contributed by atoms with Gasteiger partial charge < -0.3 is 9.47 Å². The number of nitrogens with zero attached hydrogens (tertiary/aromatic N) is 1. The van der Waals surface area contributed by atoms with Crippen molar-refractivity contribution >= 4 is 18.0 Å². The molecule has 6 nitrogen and oxygen atoms in total. The van der Waals surface area contributed by atoms with E-state index in [2.05, 4.69) is 0 Å². The third-order valence-corrected chi connectivity index (χ3v) is 4.12. The first-order chi connectivity index (χ1) is 12.8. The van der Waals surface area contributed by atoms with Crippen molar-refractivity contribution < 1.29 is 28.2 Å². The lowest BCUT2D eigenvalue weighted by Crippen LogP contribution is -2.55. The van der Waals surface area contributed by atoms with Crippen LogP contribution in [0, 0.1) is 5.82 Å². The minimum atomic E-state index is -1.18. The van der Waals surface area contributed by atoms with Crippen LogP contribution in [0.4, 0.5) is 9.18 Å². The van der Waals surface area contributed by atoms with Crippen LogP contribution in [0.25, 0.3) is 0 Å². The molecule has 1 heterocycles. The molecule has 0 aromatic heterocycles. The Kier molecular flexibility index (Phi) is 6.16. The van der Waals surface area contributed by atoms with Crippen molar-refractivity contribution in [2.75, 3.05) is 0 Å². The van der Waals surface area contributed by atoms with Gasteiger partial charge in [-0.25, -0.2) is 18.9 Å². The van der Waals surface area contributed by atoms with Crippen molar-refractivity contribution in [1.82, 2.24) is 4.90 Å². The molecule has 1 saturated heterocycles. The Hall–Kier alpha value is -2.44. The number of esters is 1. The zero-order valence-electron chi connectivity index (χ0n) is 17.2. The summed E-state index contributed by atoms with van der Waals surface area (Å²) >= 11 is 0. The van der Waals surface area contributed by atoms with Gasteiger partial charge in [-0.15, -0.1) is 0 Å². The van der Waals surface area contributed by atoms with E-state index in [9.17, 15) is 18.8 Å². The smallest absolute Gasteiger partial charge is 0.417 e. The van der Waals surface area contributed by atoms with Gasteiger partial charge in [0.05, 0.1) is 0 Å². The molecule has 0 bridgehead atoms. The fourth-order valence-electron chi connectivity index (χ4n) is 3.10. The summed E-state index contributed by atoms with van der Waals surface area (Å²) in [6.45, 7) is 10.1. The second-order valence-corrected chi connectivity index (χ2v) is 8.95. The van der Waals surface area contributed by atoms with Crippen LogP contribution in [-0.4, -0.2) is 40.1 Å². The molecule has 7 heteroatoms. The van der Waals surface area contributed by atoms with E-state index in [1.807, 2.05) is 0 Å². The number of piperidine rings is 1. The van der Waals surface area contributed by atoms with Gasteiger partial charge in [0.25, 0.3) is 0 Å². The number of rotatable bonds is 2. The van der Waals surface area contributed by atoms with Crippen LogP contribution < -0.4 is 0 Å². The lowest BCUT2D eigenvalue weighted by atomic mass is 9.84. The second kappa shape index (κ2) is 7.89. The molecule has 1 aromatic carbocycles. The van der Waals surface area contributed by atoms with Gasteiger partial charge in [-0.2, -0.15) is 0 Å². The quantitative estimate of drug-likeness (QED) is 0.705. The average molecular weight is 393 g/mol. The molecule has 0 aliphatic carbocycles. The molecule has 2 amide bonds. The maximum atomic E-state index is 14.2. The topological polar surface area (TPSA) is 72.9 Å². The van der Waals surface area contributed by atoms with E-state index in [1.54, 1.807) is 59.7 Å². The summed E-state index contributed by atoms with van der Waals surface area (Å²) in [5.74, 6) is -2.30. The highest BCUT2D eigenvalue weighted by atomic mass is 19.1. The Balaban J connectivity index is 2.37. The van der Waals surface area contributed by atoms with E-state index < -0.39 is 46.9 Å². The number of benzene rings is 1. The third-order valence-electron chi connectivity index (χ3n) is 4.12. The summed E-state index contributed by atoms with van der Waals surface area (Å²) in [5.41, 5.74) is -1.30. The number of carbonyl (C=O) groups is 3. The van der Waals surface area contributed by atoms with Gasteiger partial charge in [0.1, 0.15) is 23.1 Å². The Bertz CT molecular complexity index is 763. The minimum Gasteiger partial charge on any atom is -0.458 e. The monoisotopic (exact) mass is 393 g/mol. The number of halogens is 1. The summed E-state index contributed by atoms with van der Waals surface area (Å²) in [6, 6.07) is 4.94. The van der Waals surface area contributed by atoms with Gasteiger partial charge >= 0.3 is 12.1 Å². The van der Waals surface area contributed by atoms with E-state index in [0.29, 0.717) is 5.56 Å². The fraction of sp³-hybridized carbons (Fsp3) is 0.571. The molecule has 1 aliphatic heterocycles.